The maximum Gasteiger partial charge on any atom is 0.273 e. The molecule has 24 heavy (non-hydrogen) atoms. The van der Waals surface area contributed by atoms with Gasteiger partial charge in [0.1, 0.15) is 11.5 Å². The molecule has 0 radical (unpaired) electrons. The van der Waals surface area contributed by atoms with Crippen molar-refractivity contribution in [1.29, 1.82) is 0 Å². The SMILES string of the molecule is COc1ccccc1C(=NN)c1cc(-c2ccccc2)n[nH]c1=O. The Hall–Kier alpha value is -3.41. The number of methoxy groups -OCH3 is 1. The molecule has 0 bridgehead atoms. The van der Waals surface area contributed by atoms with Crippen LogP contribution in [0.25, 0.3) is 11.3 Å². The predicted octanol–water partition coefficient (Wildman–Crippen LogP) is 2.16. The smallest absolute Gasteiger partial charge is 0.273 e. The van der Waals surface area contributed by atoms with Crippen molar-refractivity contribution >= 4 is 5.71 Å². The van der Waals surface area contributed by atoms with Crippen molar-refractivity contribution in [1.82, 2.24) is 10.2 Å². The Balaban J connectivity index is 2.15. The number of hydrogen-bond donors (Lipinski definition) is 2. The van der Waals surface area contributed by atoms with E-state index in [1.165, 1.54) is 0 Å². The van der Waals surface area contributed by atoms with E-state index in [-0.39, 0.29) is 5.56 Å². The number of nitrogens with two attached hydrogens (primary N) is 1. The van der Waals surface area contributed by atoms with E-state index in [4.69, 9.17) is 10.6 Å². The number of H-pyrrole nitrogens is 1. The fourth-order valence-electron chi connectivity index (χ4n) is 2.46. The minimum absolute atomic E-state index is 0.329. The highest BCUT2D eigenvalue weighted by Crippen LogP contribution is 2.22. The first-order chi connectivity index (χ1) is 11.7. The van der Waals surface area contributed by atoms with Crippen LogP contribution in [0.5, 0.6) is 5.75 Å². The summed E-state index contributed by atoms with van der Waals surface area (Å²) in [4.78, 5) is 12.3. The quantitative estimate of drug-likeness (QED) is 0.437. The topological polar surface area (TPSA) is 93.4 Å². The molecular formula is C18H16N4O2. The van der Waals surface area contributed by atoms with E-state index in [0.717, 1.165) is 5.56 Å². The van der Waals surface area contributed by atoms with Crippen molar-refractivity contribution in [3.63, 3.8) is 0 Å². The second kappa shape index (κ2) is 6.78. The van der Waals surface area contributed by atoms with Gasteiger partial charge in [0.25, 0.3) is 5.56 Å². The van der Waals surface area contributed by atoms with Gasteiger partial charge >= 0.3 is 0 Å². The van der Waals surface area contributed by atoms with Crippen molar-refractivity contribution in [3.8, 4) is 17.0 Å². The van der Waals surface area contributed by atoms with Gasteiger partial charge < -0.3 is 10.6 Å². The van der Waals surface area contributed by atoms with Gasteiger partial charge in [-0.2, -0.15) is 10.2 Å². The molecule has 0 amide bonds. The van der Waals surface area contributed by atoms with E-state index in [1.807, 2.05) is 42.5 Å². The van der Waals surface area contributed by atoms with Crippen LogP contribution in [0.4, 0.5) is 0 Å². The highest BCUT2D eigenvalue weighted by molar-refractivity contribution is 6.14. The number of para-hydroxylation sites is 1. The highest BCUT2D eigenvalue weighted by Gasteiger charge is 2.17. The number of ether oxygens (including phenoxy) is 1. The first-order valence-electron chi connectivity index (χ1n) is 7.31. The zero-order valence-electron chi connectivity index (χ0n) is 13.1. The molecular weight excluding hydrogens is 304 g/mol. The van der Waals surface area contributed by atoms with E-state index in [2.05, 4.69) is 15.3 Å². The Morgan fingerprint density at radius 3 is 2.50 bits per heavy atom. The lowest BCUT2D eigenvalue weighted by molar-refractivity contribution is 0.414. The molecule has 6 nitrogen and oxygen atoms in total. The maximum absolute atomic E-state index is 12.3. The number of nitrogens with zero attached hydrogens (tertiary/aromatic N) is 2. The molecule has 0 saturated carbocycles. The molecule has 1 aromatic heterocycles. The molecule has 1 heterocycles. The standard InChI is InChI=1S/C18H16N4O2/c1-24-16-10-6-5-9-13(16)17(20-19)14-11-15(21-22-18(14)23)12-7-3-2-4-8-12/h2-11H,19H2,1H3,(H,22,23). The number of nitrogens with one attached hydrogen (secondary N) is 1. The highest BCUT2D eigenvalue weighted by atomic mass is 16.5. The Bertz CT molecular complexity index is 933. The van der Waals surface area contributed by atoms with Crippen molar-refractivity contribution in [2.45, 2.75) is 0 Å². The summed E-state index contributed by atoms with van der Waals surface area (Å²) in [6.07, 6.45) is 0. The minimum atomic E-state index is -0.371. The van der Waals surface area contributed by atoms with Crippen LogP contribution in [-0.4, -0.2) is 23.0 Å². The maximum atomic E-state index is 12.3. The molecule has 0 unspecified atom stereocenters. The summed E-state index contributed by atoms with van der Waals surface area (Å²) in [6.45, 7) is 0. The van der Waals surface area contributed by atoms with Crippen LogP contribution in [-0.2, 0) is 0 Å². The zero-order valence-corrected chi connectivity index (χ0v) is 13.1. The van der Waals surface area contributed by atoms with E-state index in [1.54, 1.807) is 25.3 Å². The fourth-order valence-corrected chi connectivity index (χ4v) is 2.46. The number of hydrazone groups is 1. The second-order valence-electron chi connectivity index (χ2n) is 5.04. The first kappa shape index (κ1) is 15.5. The number of hydrogen-bond acceptors (Lipinski definition) is 5. The van der Waals surface area contributed by atoms with E-state index >= 15 is 0 Å². The van der Waals surface area contributed by atoms with Gasteiger partial charge in [-0.1, -0.05) is 42.5 Å². The van der Waals surface area contributed by atoms with Gasteiger partial charge in [0, 0.05) is 11.1 Å². The number of rotatable bonds is 4. The third-order valence-corrected chi connectivity index (χ3v) is 3.62. The van der Waals surface area contributed by atoms with Crippen LogP contribution in [0.3, 0.4) is 0 Å². The lowest BCUT2D eigenvalue weighted by Crippen LogP contribution is -2.22. The monoisotopic (exact) mass is 320 g/mol. The van der Waals surface area contributed by atoms with Crippen LogP contribution >= 0.6 is 0 Å². The molecule has 3 aromatic rings. The second-order valence-corrected chi connectivity index (χ2v) is 5.04. The van der Waals surface area contributed by atoms with Crippen LogP contribution < -0.4 is 16.1 Å². The lowest BCUT2D eigenvalue weighted by Gasteiger charge is -2.10. The summed E-state index contributed by atoms with van der Waals surface area (Å²) in [5.41, 5.74) is 2.44. The van der Waals surface area contributed by atoms with Gasteiger partial charge in [0.05, 0.1) is 18.4 Å². The lowest BCUT2D eigenvalue weighted by atomic mass is 10.0. The molecule has 0 aliphatic heterocycles. The first-order valence-corrected chi connectivity index (χ1v) is 7.31. The van der Waals surface area contributed by atoms with E-state index in [0.29, 0.717) is 28.3 Å². The van der Waals surface area contributed by atoms with Gasteiger partial charge in [-0.05, 0) is 18.2 Å². The molecule has 0 aliphatic carbocycles. The molecule has 0 aliphatic rings. The molecule has 2 aromatic carbocycles. The minimum Gasteiger partial charge on any atom is -0.496 e. The average molecular weight is 320 g/mol. The molecule has 6 heteroatoms. The number of aromatic amines is 1. The Morgan fingerprint density at radius 2 is 1.79 bits per heavy atom. The van der Waals surface area contributed by atoms with Crippen LogP contribution in [0.1, 0.15) is 11.1 Å². The Labute approximate surface area is 138 Å². The van der Waals surface area contributed by atoms with Crippen molar-refractivity contribution in [3.05, 3.63) is 82.1 Å². The van der Waals surface area contributed by atoms with Gasteiger partial charge in [-0.15, -0.1) is 0 Å². The summed E-state index contributed by atoms with van der Waals surface area (Å²) in [5.74, 6) is 6.16. The molecule has 3 N–H and O–H groups in total. The van der Waals surface area contributed by atoms with Gasteiger partial charge in [0.2, 0.25) is 0 Å². The van der Waals surface area contributed by atoms with Gasteiger partial charge in [-0.25, -0.2) is 5.10 Å². The van der Waals surface area contributed by atoms with E-state index in [9.17, 15) is 4.79 Å². The largest absolute Gasteiger partial charge is 0.496 e. The predicted molar refractivity (Wildman–Crippen MR) is 93.1 cm³/mol. The number of benzene rings is 2. The number of aromatic nitrogens is 2. The normalized spacial score (nSPS) is 11.3. The van der Waals surface area contributed by atoms with Crippen LogP contribution in [0.2, 0.25) is 0 Å². The Kier molecular flexibility index (Phi) is 4.38. The summed E-state index contributed by atoms with van der Waals surface area (Å²) < 4.78 is 5.34. The van der Waals surface area contributed by atoms with E-state index < -0.39 is 0 Å². The van der Waals surface area contributed by atoms with Crippen LogP contribution in [0, 0.1) is 0 Å². The van der Waals surface area contributed by atoms with Crippen molar-refractivity contribution < 1.29 is 4.74 Å². The van der Waals surface area contributed by atoms with Crippen molar-refractivity contribution in [2.75, 3.05) is 7.11 Å². The summed E-state index contributed by atoms with van der Waals surface area (Å²) in [5, 5.41) is 10.4. The van der Waals surface area contributed by atoms with Gasteiger partial charge in [-0.3, -0.25) is 4.79 Å². The Morgan fingerprint density at radius 1 is 1.08 bits per heavy atom. The zero-order chi connectivity index (χ0) is 16.9. The van der Waals surface area contributed by atoms with Crippen LogP contribution in [0.15, 0.2) is 70.6 Å². The summed E-state index contributed by atoms with van der Waals surface area (Å²) in [6, 6.07) is 18.5. The molecule has 120 valence electrons. The van der Waals surface area contributed by atoms with Gasteiger partial charge in [0.15, 0.2) is 0 Å². The molecule has 3 rings (SSSR count). The molecule has 0 spiro atoms. The average Bonchev–Trinajstić information content (AvgIpc) is 2.65. The third kappa shape index (κ3) is 2.89. The third-order valence-electron chi connectivity index (χ3n) is 3.62. The van der Waals surface area contributed by atoms with Crippen molar-refractivity contribution in [2.24, 2.45) is 10.9 Å². The fraction of sp³-hybridized carbons (Fsp3) is 0.0556. The summed E-state index contributed by atoms with van der Waals surface area (Å²) >= 11 is 0. The summed E-state index contributed by atoms with van der Waals surface area (Å²) in [7, 11) is 1.55. The molecule has 0 saturated heterocycles. The molecule has 0 fully saturated rings. The molecule has 0 atom stereocenters.